The predicted molar refractivity (Wildman–Crippen MR) is 145 cm³/mol. The van der Waals surface area contributed by atoms with Crippen LogP contribution in [0.4, 0.5) is 0 Å². The van der Waals surface area contributed by atoms with Crippen LogP contribution in [0.2, 0.25) is 5.02 Å². The second kappa shape index (κ2) is 13.9. The zero-order valence-corrected chi connectivity index (χ0v) is 21.4. The number of fused-ring (bicyclic) bond motifs is 2. The highest BCUT2D eigenvalue weighted by Crippen LogP contribution is 2.32. The van der Waals surface area contributed by atoms with E-state index in [2.05, 4.69) is 55.1 Å². The quantitative estimate of drug-likeness (QED) is 0.178. The number of rotatable bonds is 15. The molecule has 0 amide bonds. The molecule has 1 atom stereocenters. The summed E-state index contributed by atoms with van der Waals surface area (Å²) in [7, 11) is 0. The van der Waals surface area contributed by atoms with Crippen molar-refractivity contribution in [2.45, 2.75) is 84.2 Å². The molecule has 3 aromatic rings. The van der Waals surface area contributed by atoms with E-state index in [9.17, 15) is 5.11 Å². The molecule has 3 aromatic carbocycles. The summed E-state index contributed by atoms with van der Waals surface area (Å²) in [6.07, 6.45) is 12.4. The highest BCUT2D eigenvalue weighted by Gasteiger charge is 2.16. The molecule has 2 nitrogen and oxygen atoms in total. The molecule has 0 spiro atoms. The number of aliphatic hydroxyl groups is 1. The molecule has 1 N–H and O–H groups in total. The highest BCUT2D eigenvalue weighted by atomic mass is 35.5. The van der Waals surface area contributed by atoms with Crippen LogP contribution in [0.3, 0.4) is 0 Å². The molecule has 0 aliphatic rings. The molecule has 3 rings (SSSR count). The lowest BCUT2D eigenvalue weighted by Gasteiger charge is -2.26. The van der Waals surface area contributed by atoms with E-state index in [4.69, 9.17) is 11.6 Å². The Morgan fingerprint density at radius 1 is 0.727 bits per heavy atom. The third-order valence-electron chi connectivity index (χ3n) is 6.81. The number of hydrogen-bond donors (Lipinski definition) is 1. The SMILES string of the molecule is CCCCCCCN(CCCCCCC)CC(O)c1cccc2cc3c(Cl)cccc3cc12. The van der Waals surface area contributed by atoms with Gasteiger partial charge in [-0.3, -0.25) is 0 Å². The second-order valence-electron chi connectivity index (χ2n) is 9.53. The van der Waals surface area contributed by atoms with E-state index in [-0.39, 0.29) is 0 Å². The van der Waals surface area contributed by atoms with Gasteiger partial charge in [0.2, 0.25) is 0 Å². The Kier molecular flexibility index (Phi) is 11.0. The Hall–Kier alpha value is -1.61. The van der Waals surface area contributed by atoms with Crippen molar-refractivity contribution in [3.8, 4) is 0 Å². The summed E-state index contributed by atoms with van der Waals surface area (Å²) >= 11 is 6.43. The maximum absolute atomic E-state index is 11.3. The number of halogens is 1. The van der Waals surface area contributed by atoms with Crippen LogP contribution in [0.5, 0.6) is 0 Å². The fourth-order valence-electron chi connectivity index (χ4n) is 4.84. The molecule has 0 bridgehead atoms. The molecule has 0 fully saturated rings. The van der Waals surface area contributed by atoms with E-state index in [0.717, 1.165) is 45.2 Å². The summed E-state index contributed by atoms with van der Waals surface area (Å²) in [5.41, 5.74) is 1.02. The standard InChI is InChI=1S/C30H42ClNO/c1-3-5-7-9-11-19-32(20-12-10-8-6-4-2)23-30(33)26-17-13-15-24-22-28-25(21-27(24)26)16-14-18-29(28)31/h13-18,21-22,30,33H,3-12,19-20,23H2,1-2H3. The summed E-state index contributed by atoms with van der Waals surface area (Å²) in [5, 5.41) is 16.6. The molecule has 0 aliphatic heterocycles. The van der Waals surface area contributed by atoms with E-state index in [1.54, 1.807) is 0 Å². The highest BCUT2D eigenvalue weighted by molar-refractivity contribution is 6.35. The zero-order valence-electron chi connectivity index (χ0n) is 20.7. The Morgan fingerprint density at radius 2 is 1.27 bits per heavy atom. The number of unbranched alkanes of at least 4 members (excludes halogenated alkanes) is 8. The van der Waals surface area contributed by atoms with Crippen molar-refractivity contribution in [2.24, 2.45) is 0 Å². The molecule has 0 aromatic heterocycles. The normalized spacial score (nSPS) is 12.8. The monoisotopic (exact) mass is 467 g/mol. The predicted octanol–water partition coefficient (Wildman–Crippen LogP) is 8.92. The van der Waals surface area contributed by atoms with Crippen LogP contribution in [0.15, 0.2) is 48.5 Å². The minimum atomic E-state index is -0.489. The zero-order chi connectivity index (χ0) is 23.5. The molecule has 1 unspecified atom stereocenters. The molecule has 0 heterocycles. The second-order valence-corrected chi connectivity index (χ2v) is 9.93. The van der Waals surface area contributed by atoms with Gasteiger partial charge >= 0.3 is 0 Å². The van der Waals surface area contributed by atoms with Gasteiger partial charge in [0.1, 0.15) is 0 Å². The first kappa shape index (κ1) is 26.0. The Morgan fingerprint density at radius 3 is 1.91 bits per heavy atom. The number of hydrogen-bond acceptors (Lipinski definition) is 2. The van der Waals surface area contributed by atoms with Crippen molar-refractivity contribution in [2.75, 3.05) is 19.6 Å². The lowest BCUT2D eigenvalue weighted by Crippen LogP contribution is -2.31. The van der Waals surface area contributed by atoms with Gasteiger partial charge in [-0.2, -0.15) is 0 Å². The van der Waals surface area contributed by atoms with Crippen LogP contribution in [0, 0.1) is 0 Å². The van der Waals surface area contributed by atoms with Crippen LogP contribution in [0.1, 0.15) is 89.7 Å². The summed E-state index contributed by atoms with van der Waals surface area (Å²) in [4.78, 5) is 2.50. The van der Waals surface area contributed by atoms with Crippen molar-refractivity contribution in [3.63, 3.8) is 0 Å². The third kappa shape index (κ3) is 7.70. The fourth-order valence-corrected chi connectivity index (χ4v) is 5.08. The molecule has 33 heavy (non-hydrogen) atoms. The average Bonchev–Trinajstić information content (AvgIpc) is 2.82. The number of aliphatic hydroxyl groups excluding tert-OH is 1. The van der Waals surface area contributed by atoms with Crippen LogP contribution >= 0.6 is 11.6 Å². The first-order chi connectivity index (χ1) is 16.1. The van der Waals surface area contributed by atoms with E-state index >= 15 is 0 Å². The van der Waals surface area contributed by atoms with Crippen molar-refractivity contribution in [1.82, 2.24) is 4.90 Å². The van der Waals surface area contributed by atoms with Gasteiger partial charge in [-0.1, -0.05) is 107 Å². The molecule has 0 saturated carbocycles. The first-order valence-corrected chi connectivity index (χ1v) is 13.5. The first-order valence-electron chi connectivity index (χ1n) is 13.1. The maximum atomic E-state index is 11.3. The summed E-state index contributed by atoms with van der Waals surface area (Å²) in [5.74, 6) is 0. The van der Waals surface area contributed by atoms with E-state index < -0.39 is 6.10 Å². The molecule has 0 aliphatic carbocycles. The van der Waals surface area contributed by atoms with Crippen molar-refractivity contribution >= 4 is 33.1 Å². The minimum Gasteiger partial charge on any atom is -0.387 e. The van der Waals surface area contributed by atoms with Gasteiger partial charge in [0.05, 0.1) is 6.10 Å². The average molecular weight is 468 g/mol. The van der Waals surface area contributed by atoms with E-state index in [1.165, 1.54) is 64.2 Å². The van der Waals surface area contributed by atoms with Crippen LogP contribution in [0.25, 0.3) is 21.5 Å². The van der Waals surface area contributed by atoms with Gasteiger partial charge in [-0.25, -0.2) is 0 Å². The van der Waals surface area contributed by atoms with Crippen molar-refractivity contribution in [1.29, 1.82) is 0 Å². The van der Waals surface area contributed by atoms with Crippen LogP contribution < -0.4 is 0 Å². The topological polar surface area (TPSA) is 23.5 Å². The minimum absolute atomic E-state index is 0.489. The fraction of sp³-hybridized carbons (Fsp3) is 0.533. The van der Waals surface area contributed by atoms with Crippen LogP contribution in [-0.2, 0) is 0 Å². The third-order valence-corrected chi connectivity index (χ3v) is 7.14. The molecular weight excluding hydrogens is 426 g/mol. The van der Waals surface area contributed by atoms with Gasteiger partial charge in [-0.15, -0.1) is 0 Å². The largest absolute Gasteiger partial charge is 0.387 e. The number of nitrogens with zero attached hydrogens (tertiary/aromatic N) is 1. The summed E-state index contributed by atoms with van der Waals surface area (Å²) < 4.78 is 0. The number of benzene rings is 3. The molecule has 0 saturated heterocycles. The smallest absolute Gasteiger partial charge is 0.0922 e. The molecule has 3 heteroatoms. The van der Waals surface area contributed by atoms with Gasteiger partial charge in [0, 0.05) is 17.0 Å². The van der Waals surface area contributed by atoms with Crippen molar-refractivity contribution < 1.29 is 5.11 Å². The van der Waals surface area contributed by atoms with E-state index in [0.29, 0.717) is 6.54 Å². The Labute approximate surface area is 205 Å². The molecule has 180 valence electrons. The van der Waals surface area contributed by atoms with Gasteiger partial charge in [-0.05, 0) is 65.9 Å². The van der Waals surface area contributed by atoms with Crippen LogP contribution in [-0.4, -0.2) is 29.6 Å². The molecule has 0 radical (unpaired) electrons. The summed E-state index contributed by atoms with van der Waals surface area (Å²) in [6.45, 7) is 7.39. The lowest BCUT2D eigenvalue weighted by molar-refractivity contribution is 0.111. The Bertz CT molecular complexity index is 972. The van der Waals surface area contributed by atoms with Gasteiger partial charge in [0.25, 0.3) is 0 Å². The summed E-state index contributed by atoms with van der Waals surface area (Å²) in [6, 6.07) is 16.6. The lowest BCUT2D eigenvalue weighted by atomic mass is 9.96. The Balaban J connectivity index is 1.72. The van der Waals surface area contributed by atoms with Gasteiger partial charge < -0.3 is 10.0 Å². The molecular formula is C30H42ClNO. The maximum Gasteiger partial charge on any atom is 0.0922 e. The van der Waals surface area contributed by atoms with Gasteiger partial charge in [0.15, 0.2) is 0 Å². The van der Waals surface area contributed by atoms with Crippen molar-refractivity contribution in [3.05, 3.63) is 59.1 Å². The van der Waals surface area contributed by atoms with E-state index in [1.807, 2.05) is 12.1 Å².